The number of amides is 3. The molecule has 6 rings (SSSR count). The molecule has 6 aromatic rings. The summed E-state index contributed by atoms with van der Waals surface area (Å²) in [5.74, 6) is -1.44. The van der Waals surface area contributed by atoms with Crippen LogP contribution in [0.2, 0.25) is 0 Å². The molecular formula is C43H39FN4O3S. The summed E-state index contributed by atoms with van der Waals surface area (Å²) in [4.78, 5) is 47.6. The molecule has 0 aliphatic rings. The highest BCUT2D eigenvalue weighted by Gasteiger charge is 2.28. The predicted molar refractivity (Wildman–Crippen MR) is 206 cm³/mol. The largest absolute Gasteiger partial charge is 0.339 e. The molecule has 0 bridgehead atoms. The molecule has 52 heavy (non-hydrogen) atoms. The van der Waals surface area contributed by atoms with Crippen LogP contribution in [0, 0.1) is 5.82 Å². The van der Waals surface area contributed by atoms with Gasteiger partial charge in [-0.3, -0.25) is 19.7 Å². The number of hydrogen-bond acceptors (Lipinski definition) is 5. The van der Waals surface area contributed by atoms with E-state index in [-0.39, 0.29) is 29.6 Å². The lowest BCUT2D eigenvalue weighted by molar-refractivity contribution is -0.132. The Labute approximate surface area is 307 Å². The van der Waals surface area contributed by atoms with Crippen molar-refractivity contribution in [1.29, 1.82) is 0 Å². The van der Waals surface area contributed by atoms with Crippen LogP contribution in [0.25, 0.3) is 22.4 Å². The van der Waals surface area contributed by atoms with Crippen LogP contribution >= 0.6 is 11.3 Å². The molecule has 9 heteroatoms. The molecule has 0 saturated carbocycles. The average Bonchev–Trinajstić information content (AvgIpc) is 3.62. The summed E-state index contributed by atoms with van der Waals surface area (Å²) in [6.07, 6.45) is 0. The van der Waals surface area contributed by atoms with Crippen molar-refractivity contribution in [1.82, 2.24) is 15.2 Å². The van der Waals surface area contributed by atoms with Gasteiger partial charge in [0.2, 0.25) is 5.91 Å². The summed E-state index contributed by atoms with van der Waals surface area (Å²) in [6, 6.07) is 36.7. The quantitative estimate of drug-likeness (QED) is 0.148. The summed E-state index contributed by atoms with van der Waals surface area (Å²) in [5.41, 5.74) is 6.24. The monoisotopic (exact) mass is 710 g/mol. The fraction of sp³-hybridized carbons (Fsp3) is 0.163. The Kier molecular flexibility index (Phi) is 10.7. The van der Waals surface area contributed by atoms with Gasteiger partial charge < -0.3 is 10.2 Å². The maximum atomic E-state index is 13.9. The zero-order chi connectivity index (χ0) is 36.8. The summed E-state index contributed by atoms with van der Waals surface area (Å²) < 4.78 is 13.5. The van der Waals surface area contributed by atoms with Gasteiger partial charge in [0, 0.05) is 35.7 Å². The van der Waals surface area contributed by atoms with E-state index in [4.69, 9.17) is 0 Å². The number of rotatable bonds is 10. The first-order valence-electron chi connectivity index (χ1n) is 16.9. The van der Waals surface area contributed by atoms with Crippen molar-refractivity contribution in [2.75, 3.05) is 12.4 Å². The lowest BCUT2D eigenvalue weighted by Crippen LogP contribution is -2.41. The van der Waals surface area contributed by atoms with Crippen molar-refractivity contribution >= 4 is 34.2 Å². The molecule has 1 heterocycles. The van der Waals surface area contributed by atoms with Gasteiger partial charge in [-0.05, 0) is 57.5 Å². The van der Waals surface area contributed by atoms with Crippen LogP contribution in [-0.4, -0.2) is 34.7 Å². The molecule has 7 nitrogen and oxygen atoms in total. The van der Waals surface area contributed by atoms with Crippen molar-refractivity contribution in [3.05, 3.63) is 166 Å². The van der Waals surface area contributed by atoms with Crippen molar-refractivity contribution in [3.8, 4) is 22.4 Å². The molecule has 0 spiro atoms. The molecule has 5 aromatic carbocycles. The summed E-state index contributed by atoms with van der Waals surface area (Å²) >= 11 is 1.26. The number of nitrogens with zero attached hydrogens (tertiary/aromatic N) is 2. The van der Waals surface area contributed by atoms with Gasteiger partial charge in [-0.1, -0.05) is 124 Å². The van der Waals surface area contributed by atoms with Gasteiger partial charge in [-0.25, -0.2) is 9.37 Å². The van der Waals surface area contributed by atoms with E-state index in [1.165, 1.54) is 33.9 Å². The van der Waals surface area contributed by atoms with E-state index in [0.29, 0.717) is 33.1 Å². The minimum Gasteiger partial charge on any atom is -0.339 e. The van der Waals surface area contributed by atoms with Gasteiger partial charge in [0.05, 0.1) is 5.69 Å². The second-order valence-corrected chi connectivity index (χ2v) is 14.4. The Bertz CT molecular complexity index is 2190. The van der Waals surface area contributed by atoms with E-state index in [1.807, 2.05) is 48.5 Å². The lowest BCUT2D eigenvalue weighted by Gasteiger charge is -2.25. The number of aromatic nitrogens is 1. The minimum absolute atomic E-state index is 0.0151. The van der Waals surface area contributed by atoms with Crippen LogP contribution in [0.1, 0.15) is 64.2 Å². The van der Waals surface area contributed by atoms with Gasteiger partial charge in [-0.15, -0.1) is 11.3 Å². The fourth-order valence-corrected chi connectivity index (χ4v) is 6.62. The molecule has 0 fully saturated rings. The van der Waals surface area contributed by atoms with E-state index < -0.39 is 11.9 Å². The normalized spacial score (nSPS) is 11.8. The first-order chi connectivity index (χ1) is 25.0. The first kappa shape index (κ1) is 35.9. The van der Waals surface area contributed by atoms with Crippen molar-refractivity contribution < 1.29 is 18.8 Å². The Morgan fingerprint density at radius 2 is 1.35 bits per heavy atom. The maximum absolute atomic E-state index is 13.9. The summed E-state index contributed by atoms with van der Waals surface area (Å²) in [6.45, 7) is 6.72. The number of hydrogen-bond donors (Lipinski definition) is 2. The topological polar surface area (TPSA) is 91.4 Å². The lowest BCUT2D eigenvalue weighted by atomic mass is 9.86. The minimum atomic E-state index is -0.984. The molecule has 1 aromatic heterocycles. The second kappa shape index (κ2) is 15.5. The highest BCUT2D eigenvalue weighted by atomic mass is 32.1. The molecule has 0 radical (unpaired) electrons. The predicted octanol–water partition coefficient (Wildman–Crippen LogP) is 9.30. The second-order valence-electron chi connectivity index (χ2n) is 13.5. The Hall–Kier alpha value is -5.93. The van der Waals surface area contributed by atoms with Crippen LogP contribution in [0.5, 0.6) is 0 Å². The number of benzene rings is 5. The van der Waals surface area contributed by atoms with E-state index in [1.54, 1.807) is 67.0 Å². The zero-order valence-electron chi connectivity index (χ0n) is 29.4. The van der Waals surface area contributed by atoms with Crippen LogP contribution in [-0.2, 0) is 16.8 Å². The van der Waals surface area contributed by atoms with Crippen LogP contribution < -0.4 is 10.6 Å². The number of anilines is 1. The number of nitrogens with one attached hydrogen (secondary N) is 2. The van der Waals surface area contributed by atoms with Crippen molar-refractivity contribution in [2.45, 2.75) is 38.8 Å². The smallest absolute Gasteiger partial charge is 0.258 e. The molecule has 0 unspecified atom stereocenters. The standard InChI is InChI=1S/C43H39FN4O3S/c1-43(2,3)31-22-20-29(21-23-31)33-14-8-10-16-35(33)40(50)47-42-45-37(27-52-42)34-15-9-11-17-36(34)39(49)46-38(30-12-6-5-7-13-30)41(51)48(4)26-28-18-24-32(44)25-19-28/h5-25,27,38H,26H2,1-4H3,(H,46,49)(H,45,47,50)/t38-/m0/s1. The van der Waals surface area contributed by atoms with Crippen LogP contribution in [0.15, 0.2) is 133 Å². The summed E-state index contributed by atoms with van der Waals surface area (Å²) in [5, 5.41) is 8.06. The Balaban J connectivity index is 1.21. The highest BCUT2D eigenvalue weighted by Crippen LogP contribution is 2.31. The van der Waals surface area contributed by atoms with Crippen molar-refractivity contribution in [2.24, 2.45) is 0 Å². The highest BCUT2D eigenvalue weighted by molar-refractivity contribution is 7.14. The third kappa shape index (κ3) is 8.33. The first-order valence-corrected chi connectivity index (χ1v) is 17.8. The van der Waals surface area contributed by atoms with Gasteiger partial charge in [0.15, 0.2) is 5.13 Å². The third-order valence-electron chi connectivity index (χ3n) is 8.77. The van der Waals surface area contributed by atoms with Gasteiger partial charge >= 0.3 is 0 Å². The number of likely N-dealkylation sites (N-methyl/N-ethyl adjacent to an activating group) is 1. The molecule has 2 N–H and O–H groups in total. The molecule has 1 atom stereocenters. The van der Waals surface area contributed by atoms with E-state index in [2.05, 4.69) is 48.5 Å². The van der Waals surface area contributed by atoms with E-state index in [9.17, 15) is 18.8 Å². The van der Waals surface area contributed by atoms with E-state index >= 15 is 0 Å². The van der Waals surface area contributed by atoms with Gasteiger partial charge in [0.1, 0.15) is 11.9 Å². The fourth-order valence-electron chi connectivity index (χ4n) is 5.91. The number of thiazole rings is 1. The van der Waals surface area contributed by atoms with Crippen LogP contribution in [0.3, 0.4) is 0 Å². The van der Waals surface area contributed by atoms with Gasteiger partial charge in [-0.2, -0.15) is 0 Å². The molecular weight excluding hydrogens is 672 g/mol. The van der Waals surface area contributed by atoms with Crippen LogP contribution in [0.4, 0.5) is 9.52 Å². The van der Waals surface area contributed by atoms with E-state index in [0.717, 1.165) is 16.7 Å². The molecule has 0 saturated heterocycles. The molecule has 0 aliphatic carbocycles. The Morgan fingerprint density at radius 3 is 2.00 bits per heavy atom. The van der Waals surface area contributed by atoms with Gasteiger partial charge in [0.25, 0.3) is 11.8 Å². The maximum Gasteiger partial charge on any atom is 0.258 e. The number of halogens is 1. The third-order valence-corrected chi connectivity index (χ3v) is 9.53. The molecule has 0 aliphatic heterocycles. The summed E-state index contributed by atoms with van der Waals surface area (Å²) in [7, 11) is 1.65. The number of carbonyl (C=O) groups excluding carboxylic acids is 3. The molecule has 3 amide bonds. The SMILES string of the molecule is CN(Cc1ccc(F)cc1)C(=O)[C@@H](NC(=O)c1ccccc1-c1csc(NC(=O)c2ccccc2-c2ccc(C(C)(C)C)cc2)n1)c1ccccc1. The van der Waals surface area contributed by atoms with Crippen molar-refractivity contribution in [3.63, 3.8) is 0 Å². The zero-order valence-corrected chi connectivity index (χ0v) is 30.2. The number of carbonyl (C=O) groups is 3. The Morgan fingerprint density at radius 1 is 0.750 bits per heavy atom. The molecule has 262 valence electrons. The average molecular weight is 711 g/mol.